The zero-order valence-electron chi connectivity index (χ0n) is 9.70. The molecule has 1 aromatic rings. The maximum atomic E-state index is 8.09. The highest BCUT2D eigenvalue weighted by Gasteiger charge is 2.14. The molecule has 0 aromatic heterocycles. The Morgan fingerprint density at radius 2 is 2.00 bits per heavy atom. The van der Waals surface area contributed by atoms with Crippen molar-refractivity contribution >= 4 is 5.84 Å². The Balaban J connectivity index is 1.99. The first-order valence-electron chi connectivity index (χ1n) is 5.72. The normalized spacial score (nSPS) is 16.2. The van der Waals surface area contributed by atoms with Gasteiger partial charge in [-0.05, 0) is 18.1 Å². The van der Waals surface area contributed by atoms with E-state index in [4.69, 9.17) is 10.1 Å². The Morgan fingerprint density at radius 3 is 2.69 bits per heavy atom. The summed E-state index contributed by atoms with van der Waals surface area (Å²) in [7, 11) is 0. The maximum absolute atomic E-state index is 8.09. The van der Waals surface area contributed by atoms with Crippen molar-refractivity contribution in [3.8, 4) is 0 Å². The lowest BCUT2D eigenvalue weighted by atomic mass is 10.1. The van der Waals surface area contributed by atoms with Gasteiger partial charge < -0.3 is 9.64 Å². The van der Waals surface area contributed by atoms with Crippen LogP contribution in [0.15, 0.2) is 24.3 Å². The smallest absolute Gasteiger partial charge is 0.100 e. The minimum Gasteiger partial charge on any atom is -0.378 e. The predicted octanol–water partition coefficient (Wildman–Crippen LogP) is 1.85. The predicted molar refractivity (Wildman–Crippen MR) is 65.0 cm³/mol. The van der Waals surface area contributed by atoms with Gasteiger partial charge in [-0.25, -0.2) is 0 Å². The van der Waals surface area contributed by atoms with E-state index < -0.39 is 0 Å². The number of nitrogens with zero attached hydrogens (tertiary/aromatic N) is 1. The van der Waals surface area contributed by atoms with Crippen LogP contribution in [0, 0.1) is 12.3 Å². The van der Waals surface area contributed by atoms with E-state index in [1.165, 1.54) is 11.1 Å². The van der Waals surface area contributed by atoms with Crippen LogP contribution in [0.4, 0.5) is 0 Å². The van der Waals surface area contributed by atoms with Gasteiger partial charge in [0.1, 0.15) is 5.84 Å². The maximum Gasteiger partial charge on any atom is 0.100 e. The Hall–Kier alpha value is -1.35. The largest absolute Gasteiger partial charge is 0.378 e. The van der Waals surface area contributed by atoms with E-state index in [0.717, 1.165) is 32.7 Å². The first-order chi connectivity index (χ1) is 7.77. The average molecular weight is 218 g/mol. The van der Waals surface area contributed by atoms with Gasteiger partial charge in [-0.2, -0.15) is 0 Å². The molecular weight excluding hydrogens is 200 g/mol. The molecule has 0 spiro atoms. The third-order valence-electron chi connectivity index (χ3n) is 3.01. The summed E-state index contributed by atoms with van der Waals surface area (Å²) in [6.45, 7) is 5.30. The van der Waals surface area contributed by atoms with Gasteiger partial charge in [0.2, 0.25) is 0 Å². The number of hydrogen-bond donors (Lipinski definition) is 1. The Morgan fingerprint density at radius 1 is 1.31 bits per heavy atom. The molecule has 0 unspecified atom stereocenters. The summed E-state index contributed by atoms with van der Waals surface area (Å²) in [5.74, 6) is 0.706. The fraction of sp³-hybridized carbons (Fsp3) is 0.462. The van der Waals surface area contributed by atoms with E-state index in [2.05, 4.69) is 24.0 Å². The van der Waals surface area contributed by atoms with Crippen molar-refractivity contribution in [3.63, 3.8) is 0 Å². The number of aryl methyl sites for hydroxylation is 1. The third-order valence-corrected chi connectivity index (χ3v) is 3.01. The number of ether oxygens (including phenoxy) is 1. The van der Waals surface area contributed by atoms with Crippen molar-refractivity contribution in [2.45, 2.75) is 13.3 Å². The van der Waals surface area contributed by atoms with Gasteiger partial charge in [-0.15, -0.1) is 0 Å². The number of hydrogen-bond acceptors (Lipinski definition) is 2. The van der Waals surface area contributed by atoms with Gasteiger partial charge >= 0.3 is 0 Å². The molecule has 1 saturated heterocycles. The van der Waals surface area contributed by atoms with Crippen molar-refractivity contribution < 1.29 is 4.74 Å². The quantitative estimate of drug-likeness (QED) is 0.607. The number of benzene rings is 1. The van der Waals surface area contributed by atoms with E-state index in [1.807, 2.05) is 12.1 Å². The highest BCUT2D eigenvalue weighted by Crippen LogP contribution is 2.10. The minimum atomic E-state index is 0.706. The van der Waals surface area contributed by atoms with Crippen molar-refractivity contribution in [2.75, 3.05) is 26.3 Å². The lowest BCUT2D eigenvalue weighted by molar-refractivity contribution is 0.0670. The third kappa shape index (κ3) is 2.61. The molecule has 0 aliphatic carbocycles. The van der Waals surface area contributed by atoms with Crippen LogP contribution in [0.2, 0.25) is 0 Å². The van der Waals surface area contributed by atoms with E-state index in [-0.39, 0.29) is 0 Å². The molecular formula is C13H18N2O. The summed E-state index contributed by atoms with van der Waals surface area (Å²) in [5, 5.41) is 8.09. The first-order valence-corrected chi connectivity index (χ1v) is 5.72. The number of nitrogens with one attached hydrogen (secondary N) is 1. The Bertz CT molecular complexity index is 370. The molecule has 1 N–H and O–H groups in total. The van der Waals surface area contributed by atoms with Crippen molar-refractivity contribution in [2.24, 2.45) is 0 Å². The van der Waals surface area contributed by atoms with E-state index in [1.54, 1.807) is 0 Å². The van der Waals surface area contributed by atoms with Crippen molar-refractivity contribution in [3.05, 3.63) is 35.4 Å². The summed E-state index contributed by atoms with van der Waals surface area (Å²) in [6, 6.07) is 8.28. The molecule has 3 heteroatoms. The zero-order chi connectivity index (χ0) is 11.4. The van der Waals surface area contributed by atoms with Gasteiger partial charge in [0.25, 0.3) is 0 Å². The van der Waals surface area contributed by atoms with Gasteiger partial charge in [0.15, 0.2) is 0 Å². The van der Waals surface area contributed by atoms with Crippen LogP contribution in [-0.2, 0) is 11.2 Å². The number of rotatable bonds is 2. The molecule has 3 nitrogen and oxygen atoms in total. The van der Waals surface area contributed by atoms with Crippen LogP contribution in [-0.4, -0.2) is 37.0 Å². The topological polar surface area (TPSA) is 36.3 Å². The monoisotopic (exact) mass is 218 g/mol. The van der Waals surface area contributed by atoms with Crippen molar-refractivity contribution in [1.29, 1.82) is 5.41 Å². The first kappa shape index (κ1) is 11.1. The molecule has 1 heterocycles. The molecule has 86 valence electrons. The summed E-state index contributed by atoms with van der Waals surface area (Å²) in [4.78, 5) is 2.11. The number of amidine groups is 1. The molecule has 0 radical (unpaired) electrons. The second-order valence-corrected chi connectivity index (χ2v) is 4.15. The molecule has 1 aromatic carbocycles. The molecule has 1 aliphatic heterocycles. The van der Waals surface area contributed by atoms with Gasteiger partial charge in [0.05, 0.1) is 13.2 Å². The Labute approximate surface area is 96.5 Å². The molecule has 2 rings (SSSR count). The lowest BCUT2D eigenvalue weighted by Gasteiger charge is -2.29. The highest BCUT2D eigenvalue weighted by atomic mass is 16.5. The van der Waals surface area contributed by atoms with E-state index in [9.17, 15) is 0 Å². The van der Waals surface area contributed by atoms with Crippen LogP contribution in [0.3, 0.4) is 0 Å². The highest BCUT2D eigenvalue weighted by molar-refractivity contribution is 5.81. The zero-order valence-corrected chi connectivity index (χ0v) is 9.70. The Kier molecular flexibility index (Phi) is 3.57. The number of morpholine rings is 1. The molecule has 0 atom stereocenters. The summed E-state index contributed by atoms with van der Waals surface area (Å²) < 4.78 is 5.29. The fourth-order valence-electron chi connectivity index (χ4n) is 1.93. The van der Waals surface area contributed by atoms with Crippen LogP contribution >= 0.6 is 0 Å². The molecule has 16 heavy (non-hydrogen) atoms. The SMILES string of the molecule is Cc1ccccc1CC(=N)N1CCOCC1. The van der Waals surface area contributed by atoms with Gasteiger partial charge in [-0.1, -0.05) is 24.3 Å². The summed E-state index contributed by atoms with van der Waals surface area (Å²) in [6.07, 6.45) is 0.729. The molecule has 1 aliphatic rings. The standard InChI is InChI=1S/C13H18N2O/c1-11-4-2-3-5-12(11)10-13(14)15-6-8-16-9-7-15/h2-5,14H,6-10H2,1H3. The fourth-order valence-corrected chi connectivity index (χ4v) is 1.93. The van der Waals surface area contributed by atoms with Gasteiger partial charge in [-0.3, -0.25) is 5.41 Å². The van der Waals surface area contributed by atoms with Crippen LogP contribution in [0.25, 0.3) is 0 Å². The lowest BCUT2D eigenvalue weighted by Crippen LogP contribution is -2.41. The van der Waals surface area contributed by atoms with Crippen molar-refractivity contribution in [1.82, 2.24) is 4.90 Å². The second-order valence-electron chi connectivity index (χ2n) is 4.15. The summed E-state index contributed by atoms with van der Waals surface area (Å²) in [5.41, 5.74) is 2.51. The molecule has 0 saturated carbocycles. The van der Waals surface area contributed by atoms with Crippen LogP contribution < -0.4 is 0 Å². The second kappa shape index (κ2) is 5.12. The van der Waals surface area contributed by atoms with Crippen LogP contribution in [0.5, 0.6) is 0 Å². The minimum absolute atomic E-state index is 0.706. The van der Waals surface area contributed by atoms with E-state index in [0.29, 0.717) is 5.84 Å². The molecule has 0 bridgehead atoms. The van der Waals surface area contributed by atoms with E-state index >= 15 is 0 Å². The van der Waals surface area contributed by atoms with Crippen LogP contribution in [0.1, 0.15) is 11.1 Å². The average Bonchev–Trinajstić information content (AvgIpc) is 2.33. The summed E-state index contributed by atoms with van der Waals surface area (Å²) >= 11 is 0. The van der Waals surface area contributed by atoms with Gasteiger partial charge in [0, 0.05) is 19.5 Å². The molecule has 1 fully saturated rings. The molecule has 0 amide bonds.